The van der Waals surface area contributed by atoms with E-state index in [-0.39, 0.29) is 23.1 Å². The van der Waals surface area contributed by atoms with Crippen LogP contribution < -0.4 is 5.32 Å². The molecule has 0 saturated carbocycles. The van der Waals surface area contributed by atoms with Crippen LogP contribution in [0.2, 0.25) is 0 Å². The van der Waals surface area contributed by atoms with Crippen molar-refractivity contribution >= 4 is 29.5 Å². The van der Waals surface area contributed by atoms with Gasteiger partial charge in [-0.2, -0.15) is 0 Å². The minimum atomic E-state index is -1.10. The van der Waals surface area contributed by atoms with Crippen molar-refractivity contribution in [2.24, 2.45) is 0 Å². The number of thioether (sulfide) groups is 1. The first kappa shape index (κ1) is 21.9. The molecule has 0 bridgehead atoms. The van der Waals surface area contributed by atoms with Gasteiger partial charge in [-0.15, -0.1) is 10.2 Å². The summed E-state index contributed by atoms with van der Waals surface area (Å²) < 4.78 is 7.58. The van der Waals surface area contributed by atoms with Crippen molar-refractivity contribution in [1.29, 1.82) is 0 Å². The smallest absolute Gasteiger partial charge is 0.341 e. The second-order valence-electron chi connectivity index (χ2n) is 7.78. The van der Waals surface area contributed by atoms with Crippen LogP contribution >= 0.6 is 11.8 Å². The van der Waals surface area contributed by atoms with E-state index in [0.29, 0.717) is 35.1 Å². The maximum absolute atomic E-state index is 12.7. The number of carboxylic acids is 1. The molecule has 34 heavy (non-hydrogen) atoms. The molecule has 3 heterocycles. The Morgan fingerprint density at radius 1 is 1.09 bits per heavy atom. The fraction of sp³-hybridized carbons (Fsp3) is 0.208. The maximum atomic E-state index is 12.7. The third kappa shape index (κ3) is 4.32. The van der Waals surface area contributed by atoms with E-state index in [1.807, 2.05) is 47.0 Å². The lowest BCUT2D eigenvalue weighted by atomic mass is 9.95. The number of amides is 1. The highest BCUT2D eigenvalue weighted by molar-refractivity contribution is 7.99. The third-order valence-corrected chi connectivity index (χ3v) is 6.47. The summed E-state index contributed by atoms with van der Waals surface area (Å²) >= 11 is 1.20. The Hall–Kier alpha value is -3.92. The van der Waals surface area contributed by atoms with E-state index >= 15 is 0 Å². The number of aromatic nitrogens is 4. The number of rotatable bonds is 7. The third-order valence-electron chi connectivity index (χ3n) is 5.54. The van der Waals surface area contributed by atoms with Gasteiger partial charge >= 0.3 is 5.97 Å². The predicted molar refractivity (Wildman–Crippen MR) is 126 cm³/mol. The Bertz CT molecular complexity index is 1330. The molecule has 0 saturated heterocycles. The molecule has 9 nitrogen and oxygen atoms in total. The summed E-state index contributed by atoms with van der Waals surface area (Å²) in [7, 11) is 0. The maximum Gasteiger partial charge on any atom is 0.341 e. The van der Waals surface area contributed by atoms with Gasteiger partial charge in [-0.1, -0.05) is 30.0 Å². The highest BCUT2D eigenvalue weighted by Crippen LogP contribution is 2.33. The van der Waals surface area contributed by atoms with Crippen LogP contribution in [0, 0.1) is 0 Å². The molecule has 1 aromatic carbocycles. The van der Waals surface area contributed by atoms with Crippen LogP contribution in [-0.2, 0) is 17.6 Å². The van der Waals surface area contributed by atoms with Crippen LogP contribution in [0.25, 0.3) is 17.1 Å². The van der Waals surface area contributed by atoms with Crippen LogP contribution in [0.4, 0.5) is 5.88 Å². The van der Waals surface area contributed by atoms with E-state index < -0.39 is 5.97 Å². The summed E-state index contributed by atoms with van der Waals surface area (Å²) in [6, 6.07) is 13.3. The van der Waals surface area contributed by atoms with Gasteiger partial charge in [0.05, 0.1) is 5.75 Å². The number of fused-ring (bicyclic) bond motifs is 1. The fourth-order valence-electron chi connectivity index (χ4n) is 4.03. The summed E-state index contributed by atoms with van der Waals surface area (Å²) in [4.78, 5) is 28.7. The lowest BCUT2D eigenvalue weighted by Crippen LogP contribution is -2.16. The van der Waals surface area contributed by atoms with Crippen molar-refractivity contribution in [1.82, 2.24) is 19.7 Å². The molecule has 5 rings (SSSR count). The van der Waals surface area contributed by atoms with E-state index in [0.717, 1.165) is 24.1 Å². The number of carbonyl (C=O) groups excluding carboxylic acids is 1. The largest absolute Gasteiger partial charge is 0.477 e. The van der Waals surface area contributed by atoms with Gasteiger partial charge in [0.15, 0.2) is 11.0 Å². The van der Waals surface area contributed by atoms with Crippen molar-refractivity contribution in [2.45, 2.75) is 30.8 Å². The number of nitrogens with zero attached hydrogens (tertiary/aromatic N) is 4. The normalized spacial score (nSPS) is 12.8. The van der Waals surface area contributed by atoms with Crippen molar-refractivity contribution in [3.05, 3.63) is 71.7 Å². The van der Waals surface area contributed by atoms with Gasteiger partial charge in [-0.25, -0.2) is 4.79 Å². The zero-order chi connectivity index (χ0) is 23.5. The first-order chi connectivity index (χ1) is 16.6. The number of para-hydroxylation sites is 1. The number of pyridine rings is 1. The molecule has 0 unspecified atom stereocenters. The van der Waals surface area contributed by atoms with E-state index in [1.54, 1.807) is 12.4 Å². The SMILES string of the molecule is O=C(CSc1nnc(-c2cccnc2)n1-c1ccccc1)Nc1oc2c(c1C(=O)O)CCCC2. The second-order valence-corrected chi connectivity index (χ2v) is 8.72. The van der Waals surface area contributed by atoms with E-state index in [1.165, 1.54) is 11.8 Å². The Balaban J connectivity index is 1.38. The quantitative estimate of drug-likeness (QED) is 0.381. The Morgan fingerprint density at radius 2 is 1.91 bits per heavy atom. The molecule has 172 valence electrons. The molecular weight excluding hydrogens is 454 g/mol. The molecule has 1 aliphatic rings. The van der Waals surface area contributed by atoms with Crippen LogP contribution in [0.5, 0.6) is 0 Å². The van der Waals surface area contributed by atoms with Crippen LogP contribution in [0.3, 0.4) is 0 Å². The standard InChI is InChI=1S/C24H21N5O4S/c30-19(26-22-20(23(31)32)17-10-4-5-11-18(17)33-22)14-34-24-28-27-21(15-7-6-12-25-13-15)29(24)16-8-2-1-3-9-16/h1-3,6-9,12-13H,4-5,10-11,14H2,(H,26,30)(H,31,32). The van der Waals surface area contributed by atoms with Crippen molar-refractivity contribution in [2.75, 3.05) is 11.1 Å². The summed E-state index contributed by atoms with van der Waals surface area (Å²) in [6.45, 7) is 0. The van der Waals surface area contributed by atoms with Gasteiger partial charge in [-0.3, -0.25) is 19.7 Å². The number of nitrogens with one attached hydrogen (secondary N) is 1. The highest BCUT2D eigenvalue weighted by Gasteiger charge is 2.28. The monoisotopic (exact) mass is 475 g/mol. The fourth-order valence-corrected chi connectivity index (χ4v) is 4.78. The number of carboxylic acid groups (broad SMARTS) is 1. The summed E-state index contributed by atoms with van der Waals surface area (Å²) in [5, 5.41) is 21.5. The summed E-state index contributed by atoms with van der Waals surface area (Å²) in [6.07, 6.45) is 6.56. The molecule has 4 aromatic rings. The second kappa shape index (κ2) is 9.52. The topological polar surface area (TPSA) is 123 Å². The Morgan fingerprint density at radius 3 is 2.68 bits per heavy atom. The Labute approximate surface area is 199 Å². The van der Waals surface area contributed by atoms with Gasteiger partial charge in [0, 0.05) is 35.6 Å². The van der Waals surface area contributed by atoms with Crippen molar-refractivity contribution in [3.8, 4) is 17.1 Å². The Kier molecular flexibility index (Phi) is 6.13. The first-order valence-corrected chi connectivity index (χ1v) is 11.8. The number of hydrogen-bond donors (Lipinski definition) is 2. The van der Waals surface area contributed by atoms with Gasteiger partial charge in [0.2, 0.25) is 11.8 Å². The molecule has 0 aliphatic heterocycles. The van der Waals surface area contributed by atoms with Gasteiger partial charge in [0.25, 0.3) is 0 Å². The van der Waals surface area contributed by atoms with E-state index in [9.17, 15) is 14.7 Å². The number of anilines is 1. The first-order valence-electron chi connectivity index (χ1n) is 10.8. The molecular formula is C24H21N5O4S. The van der Waals surface area contributed by atoms with Crippen LogP contribution in [-0.4, -0.2) is 42.5 Å². The molecule has 10 heteroatoms. The predicted octanol–water partition coefficient (Wildman–Crippen LogP) is 4.23. The molecule has 3 aromatic heterocycles. The molecule has 0 atom stereocenters. The average Bonchev–Trinajstić information content (AvgIpc) is 3.45. The van der Waals surface area contributed by atoms with Crippen molar-refractivity contribution in [3.63, 3.8) is 0 Å². The summed E-state index contributed by atoms with van der Waals surface area (Å²) in [5.74, 6) is -0.220. The lowest BCUT2D eigenvalue weighted by molar-refractivity contribution is -0.113. The van der Waals surface area contributed by atoms with Gasteiger partial charge < -0.3 is 9.52 Å². The minimum absolute atomic E-state index is 0.00241. The van der Waals surface area contributed by atoms with E-state index in [4.69, 9.17) is 4.42 Å². The zero-order valence-corrected chi connectivity index (χ0v) is 18.9. The molecule has 1 aliphatic carbocycles. The zero-order valence-electron chi connectivity index (χ0n) is 18.1. The molecule has 2 N–H and O–H groups in total. The molecule has 0 fully saturated rings. The highest BCUT2D eigenvalue weighted by atomic mass is 32.2. The van der Waals surface area contributed by atoms with Gasteiger partial charge in [-0.05, 0) is 43.5 Å². The van der Waals surface area contributed by atoms with Crippen molar-refractivity contribution < 1.29 is 19.1 Å². The number of benzene rings is 1. The van der Waals surface area contributed by atoms with Crippen LogP contribution in [0.1, 0.15) is 34.5 Å². The number of carbonyl (C=O) groups is 2. The summed E-state index contributed by atoms with van der Waals surface area (Å²) in [5.41, 5.74) is 2.38. The number of furan rings is 1. The molecule has 0 radical (unpaired) electrons. The average molecular weight is 476 g/mol. The van der Waals surface area contributed by atoms with Crippen LogP contribution in [0.15, 0.2) is 64.4 Å². The molecule has 0 spiro atoms. The number of hydrogen-bond acceptors (Lipinski definition) is 7. The number of aromatic carboxylic acids is 1. The minimum Gasteiger partial charge on any atom is -0.477 e. The number of aryl methyl sites for hydroxylation is 1. The van der Waals surface area contributed by atoms with E-state index in [2.05, 4.69) is 20.5 Å². The lowest BCUT2D eigenvalue weighted by Gasteiger charge is -2.10. The van der Waals surface area contributed by atoms with Gasteiger partial charge in [0.1, 0.15) is 11.3 Å². The molecule has 1 amide bonds.